The highest BCUT2D eigenvalue weighted by Gasteiger charge is 2.44. The lowest BCUT2D eigenvalue weighted by Gasteiger charge is -2.28. The van der Waals surface area contributed by atoms with Crippen molar-refractivity contribution in [2.75, 3.05) is 33.4 Å². The van der Waals surface area contributed by atoms with E-state index in [4.69, 9.17) is 9.84 Å². The standard InChI is InChI=1S/C13H23NO3/c1-17-7-5-14(4-6-15)13(16)12-9-10-2-3-11(12)8-10/h10-12,15H,2-9H2,1H3. The molecule has 17 heavy (non-hydrogen) atoms. The molecule has 2 rings (SSSR count). The summed E-state index contributed by atoms with van der Waals surface area (Å²) in [6.45, 7) is 1.63. The minimum atomic E-state index is 0.0380. The van der Waals surface area contributed by atoms with Crippen molar-refractivity contribution in [3.8, 4) is 0 Å². The van der Waals surface area contributed by atoms with Crippen LogP contribution in [0.15, 0.2) is 0 Å². The Morgan fingerprint density at radius 3 is 2.71 bits per heavy atom. The van der Waals surface area contributed by atoms with Crippen molar-refractivity contribution < 1.29 is 14.6 Å². The molecular weight excluding hydrogens is 218 g/mol. The average molecular weight is 241 g/mol. The zero-order valence-corrected chi connectivity index (χ0v) is 10.6. The van der Waals surface area contributed by atoms with Gasteiger partial charge in [0.1, 0.15) is 0 Å². The monoisotopic (exact) mass is 241 g/mol. The lowest BCUT2D eigenvalue weighted by Crippen LogP contribution is -2.41. The van der Waals surface area contributed by atoms with Crippen molar-refractivity contribution in [2.24, 2.45) is 17.8 Å². The van der Waals surface area contributed by atoms with Gasteiger partial charge in [-0.3, -0.25) is 4.79 Å². The van der Waals surface area contributed by atoms with Crippen molar-refractivity contribution in [1.82, 2.24) is 4.90 Å². The number of fused-ring (bicyclic) bond motifs is 2. The maximum Gasteiger partial charge on any atom is 0.226 e. The number of ether oxygens (including phenoxy) is 1. The largest absolute Gasteiger partial charge is 0.395 e. The SMILES string of the molecule is COCCN(CCO)C(=O)C1CC2CCC1C2. The highest BCUT2D eigenvalue weighted by Crippen LogP contribution is 2.48. The van der Waals surface area contributed by atoms with Gasteiger partial charge in [-0.1, -0.05) is 6.42 Å². The molecule has 1 amide bonds. The normalized spacial score (nSPS) is 30.8. The van der Waals surface area contributed by atoms with Gasteiger partial charge in [0.05, 0.1) is 13.2 Å². The second-order valence-electron chi connectivity index (χ2n) is 5.32. The summed E-state index contributed by atoms with van der Waals surface area (Å²) >= 11 is 0. The minimum Gasteiger partial charge on any atom is -0.395 e. The molecule has 3 atom stereocenters. The van der Waals surface area contributed by atoms with Crippen molar-refractivity contribution in [3.05, 3.63) is 0 Å². The number of carbonyl (C=O) groups is 1. The van der Waals surface area contributed by atoms with Crippen molar-refractivity contribution in [1.29, 1.82) is 0 Å². The zero-order chi connectivity index (χ0) is 12.3. The summed E-state index contributed by atoms with van der Waals surface area (Å²) < 4.78 is 5.02. The fourth-order valence-corrected chi connectivity index (χ4v) is 3.44. The molecule has 0 saturated heterocycles. The van der Waals surface area contributed by atoms with E-state index >= 15 is 0 Å². The van der Waals surface area contributed by atoms with Crippen molar-refractivity contribution in [2.45, 2.75) is 25.7 Å². The van der Waals surface area contributed by atoms with Gasteiger partial charge < -0.3 is 14.7 Å². The van der Waals surface area contributed by atoms with Gasteiger partial charge in [0.15, 0.2) is 0 Å². The first-order valence-corrected chi connectivity index (χ1v) is 6.64. The Kier molecular flexibility index (Phi) is 4.40. The first kappa shape index (κ1) is 12.8. The van der Waals surface area contributed by atoms with Crippen LogP contribution in [-0.2, 0) is 9.53 Å². The molecule has 2 bridgehead atoms. The molecule has 1 N–H and O–H groups in total. The number of nitrogens with zero attached hydrogens (tertiary/aromatic N) is 1. The van der Waals surface area contributed by atoms with E-state index in [1.807, 2.05) is 0 Å². The van der Waals surface area contributed by atoms with E-state index in [1.165, 1.54) is 19.3 Å². The molecule has 0 aromatic rings. The van der Waals surface area contributed by atoms with E-state index in [1.54, 1.807) is 12.0 Å². The number of rotatable bonds is 6. The molecule has 2 fully saturated rings. The number of hydrogen-bond acceptors (Lipinski definition) is 3. The predicted octanol–water partition coefficient (Wildman–Crippen LogP) is 0.890. The predicted molar refractivity (Wildman–Crippen MR) is 64.5 cm³/mol. The third-order valence-electron chi connectivity index (χ3n) is 4.30. The van der Waals surface area contributed by atoms with Gasteiger partial charge in [0, 0.05) is 26.1 Å². The highest BCUT2D eigenvalue weighted by atomic mass is 16.5. The lowest BCUT2D eigenvalue weighted by molar-refractivity contribution is -0.138. The highest BCUT2D eigenvalue weighted by molar-refractivity contribution is 5.79. The molecule has 0 aliphatic heterocycles. The number of amides is 1. The molecule has 2 aliphatic carbocycles. The van der Waals surface area contributed by atoms with Gasteiger partial charge in [0.25, 0.3) is 0 Å². The molecule has 4 nitrogen and oxygen atoms in total. The first-order valence-electron chi connectivity index (χ1n) is 6.64. The third kappa shape index (κ3) is 2.80. The number of methoxy groups -OCH3 is 1. The number of aliphatic hydroxyl groups is 1. The number of aliphatic hydroxyl groups excluding tert-OH is 1. The van der Waals surface area contributed by atoms with Crippen LogP contribution >= 0.6 is 0 Å². The lowest BCUT2D eigenvalue weighted by atomic mass is 9.88. The van der Waals surface area contributed by atoms with E-state index in [0.29, 0.717) is 25.6 Å². The molecule has 4 heteroatoms. The quantitative estimate of drug-likeness (QED) is 0.751. The van der Waals surface area contributed by atoms with Crippen LogP contribution in [0.25, 0.3) is 0 Å². The van der Waals surface area contributed by atoms with E-state index in [-0.39, 0.29) is 18.4 Å². The van der Waals surface area contributed by atoms with E-state index in [2.05, 4.69) is 0 Å². The van der Waals surface area contributed by atoms with Crippen LogP contribution < -0.4 is 0 Å². The molecule has 0 spiro atoms. The molecule has 2 saturated carbocycles. The Balaban J connectivity index is 1.91. The molecule has 0 aromatic carbocycles. The summed E-state index contributed by atoms with van der Waals surface area (Å²) in [5, 5.41) is 9.02. The maximum atomic E-state index is 12.4. The van der Waals surface area contributed by atoms with Crippen LogP contribution in [0.5, 0.6) is 0 Å². The van der Waals surface area contributed by atoms with Crippen LogP contribution in [-0.4, -0.2) is 49.3 Å². The number of carbonyl (C=O) groups excluding carboxylic acids is 1. The zero-order valence-electron chi connectivity index (χ0n) is 10.6. The Hall–Kier alpha value is -0.610. The summed E-state index contributed by atoms with van der Waals surface area (Å²) in [7, 11) is 1.64. The van der Waals surface area contributed by atoms with Crippen LogP contribution in [0.1, 0.15) is 25.7 Å². The number of hydrogen-bond donors (Lipinski definition) is 1. The topological polar surface area (TPSA) is 49.8 Å². The second kappa shape index (κ2) is 5.83. The summed E-state index contributed by atoms with van der Waals surface area (Å²) in [5.74, 6) is 1.85. The van der Waals surface area contributed by atoms with E-state index < -0.39 is 0 Å². The Labute approximate surface area is 103 Å². The first-order chi connectivity index (χ1) is 8.26. The fraction of sp³-hybridized carbons (Fsp3) is 0.923. The smallest absolute Gasteiger partial charge is 0.226 e. The van der Waals surface area contributed by atoms with Gasteiger partial charge in [-0.05, 0) is 31.1 Å². The second-order valence-corrected chi connectivity index (χ2v) is 5.32. The molecule has 98 valence electrons. The molecule has 0 heterocycles. The maximum absolute atomic E-state index is 12.4. The van der Waals surface area contributed by atoms with Crippen LogP contribution in [0.2, 0.25) is 0 Å². The van der Waals surface area contributed by atoms with Gasteiger partial charge in [-0.25, -0.2) is 0 Å². The van der Waals surface area contributed by atoms with Crippen LogP contribution in [0, 0.1) is 17.8 Å². The third-order valence-corrected chi connectivity index (χ3v) is 4.30. The van der Waals surface area contributed by atoms with Gasteiger partial charge in [-0.15, -0.1) is 0 Å². The Bertz CT molecular complexity index is 269. The molecule has 0 radical (unpaired) electrons. The van der Waals surface area contributed by atoms with Crippen LogP contribution in [0.3, 0.4) is 0 Å². The van der Waals surface area contributed by atoms with Gasteiger partial charge in [-0.2, -0.15) is 0 Å². The summed E-state index contributed by atoms with van der Waals surface area (Å²) in [5.41, 5.74) is 0. The van der Waals surface area contributed by atoms with Gasteiger partial charge in [0.2, 0.25) is 5.91 Å². The van der Waals surface area contributed by atoms with E-state index in [0.717, 1.165) is 12.3 Å². The van der Waals surface area contributed by atoms with Crippen molar-refractivity contribution in [3.63, 3.8) is 0 Å². The van der Waals surface area contributed by atoms with Gasteiger partial charge >= 0.3 is 0 Å². The average Bonchev–Trinajstić information content (AvgIpc) is 2.95. The Morgan fingerprint density at radius 2 is 2.18 bits per heavy atom. The van der Waals surface area contributed by atoms with E-state index in [9.17, 15) is 4.79 Å². The molecule has 2 aliphatic rings. The minimum absolute atomic E-state index is 0.0380. The van der Waals surface area contributed by atoms with Crippen molar-refractivity contribution >= 4 is 5.91 Å². The summed E-state index contributed by atoms with van der Waals surface area (Å²) in [6.07, 6.45) is 4.84. The summed E-state index contributed by atoms with van der Waals surface area (Å²) in [4.78, 5) is 14.2. The van der Waals surface area contributed by atoms with Crippen LogP contribution in [0.4, 0.5) is 0 Å². The molecule has 3 unspecified atom stereocenters. The summed E-state index contributed by atoms with van der Waals surface area (Å²) in [6, 6.07) is 0. The molecule has 0 aromatic heterocycles. The Morgan fingerprint density at radius 1 is 1.35 bits per heavy atom. The fourth-order valence-electron chi connectivity index (χ4n) is 3.44. The molecular formula is C13H23NO3.